The van der Waals surface area contributed by atoms with Crippen LogP contribution in [0.5, 0.6) is 0 Å². The molecule has 26 heavy (non-hydrogen) atoms. The maximum Gasteiger partial charge on any atom is 0.246 e. The summed E-state index contributed by atoms with van der Waals surface area (Å²) in [4.78, 5) is 19.0. The molecule has 1 aliphatic rings. The van der Waals surface area contributed by atoms with E-state index < -0.39 is 16.1 Å². The highest BCUT2D eigenvalue weighted by Crippen LogP contribution is 2.28. The van der Waals surface area contributed by atoms with Crippen LogP contribution < -0.4 is 9.62 Å². The Hall–Kier alpha value is -1.01. The number of thiophene rings is 1. The summed E-state index contributed by atoms with van der Waals surface area (Å²) in [5, 5.41) is 1.13. The smallest absolute Gasteiger partial charge is 0.246 e. The number of allylic oxidation sites excluding steroid dienone is 1. The SMILES string of the molecule is C/C(=C/S(=O)(=O)N[C@H]1CCN(c2ccc(I)cn2)C1=O)c1ccc(Cl)s1. The summed E-state index contributed by atoms with van der Waals surface area (Å²) < 4.78 is 28.8. The van der Waals surface area contributed by atoms with E-state index >= 15 is 0 Å². The first-order valence-corrected chi connectivity index (χ1v) is 11.5. The molecule has 2 aromatic heterocycles. The molecule has 3 rings (SSSR count). The Kier molecular flexibility index (Phi) is 6.02. The highest BCUT2D eigenvalue weighted by atomic mass is 127. The van der Waals surface area contributed by atoms with Gasteiger partial charge in [-0.3, -0.25) is 9.69 Å². The van der Waals surface area contributed by atoms with Crippen LogP contribution in [0.3, 0.4) is 0 Å². The number of amides is 1. The topological polar surface area (TPSA) is 79.4 Å². The van der Waals surface area contributed by atoms with Gasteiger partial charge in [-0.1, -0.05) is 11.6 Å². The Balaban J connectivity index is 1.72. The summed E-state index contributed by atoms with van der Waals surface area (Å²) in [6, 6.07) is 6.29. The number of nitrogens with zero attached hydrogens (tertiary/aromatic N) is 2. The molecule has 6 nitrogen and oxygen atoms in total. The minimum absolute atomic E-state index is 0.299. The van der Waals surface area contributed by atoms with E-state index in [0.717, 1.165) is 13.9 Å². The van der Waals surface area contributed by atoms with Crippen LogP contribution in [0, 0.1) is 3.57 Å². The third-order valence-corrected chi connectivity index (χ3v) is 7.08. The van der Waals surface area contributed by atoms with Crippen LogP contribution in [0.2, 0.25) is 4.34 Å². The zero-order valence-electron chi connectivity index (χ0n) is 13.6. The van der Waals surface area contributed by atoms with Crippen molar-refractivity contribution in [2.45, 2.75) is 19.4 Å². The van der Waals surface area contributed by atoms with E-state index in [9.17, 15) is 13.2 Å². The second-order valence-corrected chi connectivity index (χ2v) is 10.3. The van der Waals surface area contributed by atoms with Crippen molar-refractivity contribution in [2.24, 2.45) is 0 Å². The van der Waals surface area contributed by atoms with Gasteiger partial charge in [-0.05, 0) is 65.8 Å². The van der Waals surface area contributed by atoms with Crippen molar-refractivity contribution in [3.05, 3.63) is 48.7 Å². The number of aromatic nitrogens is 1. The van der Waals surface area contributed by atoms with E-state index in [4.69, 9.17) is 11.6 Å². The highest BCUT2D eigenvalue weighted by molar-refractivity contribution is 14.1. The lowest BCUT2D eigenvalue weighted by molar-refractivity contribution is -0.118. The van der Waals surface area contributed by atoms with Crippen LogP contribution in [0.25, 0.3) is 5.57 Å². The van der Waals surface area contributed by atoms with Crippen molar-refractivity contribution in [3.8, 4) is 0 Å². The van der Waals surface area contributed by atoms with E-state index in [1.165, 1.54) is 16.2 Å². The first-order chi connectivity index (χ1) is 12.2. The molecule has 0 bridgehead atoms. The van der Waals surface area contributed by atoms with Crippen molar-refractivity contribution in [2.75, 3.05) is 11.4 Å². The average molecular weight is 524 g/mol. The van der Waals surface area contributed by atoms with Crippen LogP contribution in [0.1, 0.15) is 18.2 Å². The lowest BCUT2D eigenvalue weighted by atomic mass is 10.3. The zero-order valence-corrected chi connectivity index (χ0v) is 18.2. The van der Waals surface area contributed by atoms with E-state index in [2.05, 4.69) is 32.3 Å². The van der Waals surface area contributed by atoms with Crippen LogP contribution in [0.15, 0.2) is 35.9 Å². The van der Waals surface area contributed by atoms with Gasteiger partial charge in [-0.25, -0.2) is 13.4 Å². The summed E-state index contributed by atoms with van der Waals surface area (Å²) in [6.45, 7) is 2.11. The van der Waals surface area contributed by atoms with Crippen LogP contribution >= 0.6 is 45.5 Å². The van der Waals surface area contributed by atoms with Gasteiger partial charge in [0.1, 0.15) is 11.9 Å². The molecule has 0 aliphatic carbocycles. The molecule has 1 atom stereocenters. The molecule has 1 fully saturated rings. The zero-order chi connectivity index (χ0) is 18.9. The van der Waals surface area contributed by atoms with E-state index in [0.29, 0.717) is 28.7 Å². The number of anilines is 1. The molecule has 10 heteroatoms. The predicted octanol–water partition coefficient (Wildman–Crippen LogP) is 3.49. The molecule has 0 spiro atoms. The fourth-order valence-electron chi connectivity index (χ4n) is 2.59. The van der Waals surface area contributed by atoms with Gasteiger partial charge >= 0.3 is 0 Å². The Labute approximate surface area is 174 Å². The summed E-state index contributed by atoms with van der Waals surface area (Å²) in [5.74, 6) is 0.226. The largest absolute Gasteiger partial charge is 0.295 e. The molecule has 1 aliphatic heterocycles. The third-order valence-electron chi connectivity index (χ3n) is 3.79. The first kappa shape index (κ1) is 19.7. The summed E-state index contributed by atoms with van der Waals surface area (Å²) in [7, 11) is -3.77. The van der Waals surface area contributed by atoms with Gasteiger partial charge < -0.3 is 0 Å². The molecule has 2 aromatic rings. The maximum atomic E-state index is 12.5. The van der Waals surface area contributed by atoms with Crippen molar-refractivity contribution in [1.82, 2.24) is 9.71 Å². The van der Waals surface area contributed by atoms with Crippen molar-refractivity contribution in [3.63, 3.8) is 0 Å². The van der Waals surface area contributed by atoms with Gasteiger partial charge in [-0.2, -0.15) is 4.72 Å². The number of carbonyl (C=O) groups excluding carboxylic acids is 1. The second-order valence-electron chi connectivity index (χ2n) is 5.73. The number of rotatable bonds is 5. The molecule has 0 aromatic carbocycles. The highest BCUT2D eigenvalue weighted by Gasteiger charge is 2.35. The molecule has 0 radical (unpaired) electrons. The van der Waals surface area contributed by atoms with E-state index in [-0.39, 0.29) is 5.91 Å². The molecule has 1 amide bonds. The van der Waals surface area contributed by atoms with Crippen LogP contribution in [0.4, 0.5) is 5.82 Å². The van der Waals surface area contributed by atoms with Crippen LogP contribution in [-0.4, -0.2) is 31.9 Å². The van der Waals surface area contributed by atoms with Crippen molar-refractivity contribution in [1.29, 1.82) is 0 Å². The number of hydrogen-bond acceptors (Lipinski definition) is 5. The summed E-state index contributed by atoms with van der Waals surface area (Å²) in [6.07, 6.45) is 2.06. The fraction of sp³-hybridized carbons (Fsp3) is 0.250. The lowest BCUT2D eigenvalue weighted by Crippen LogP contribution is -2.41. The van der Waals surface area contributed by atoms with Gasteiger partial charge in [0.15, 0.2) is 0 Å². The molecule has 0 unspecified atom stereocenters. The van der Waals surface area contributed by atoms with Crippen LogP contribution in [-0.2, 0) is 14.8 Å². The normalized spacial score (nSPS) is 18.6. The molecular weight excluding hydrogens is 509 g/mol. The molecule has 3 heterocycles. The van der Waals surface area contributed by atoms with E-state index in [1.54, 1.807) is 31.3 Å². The Morgan fingerprint density at radius 3 is 2.81 bits per heavy atom. The molecule has 0 saturated carbocycles. The van der Waals surface area contributed by atoms with Gasteiger partial charge in [0.25, 0.3) is 0 Å². The fourth-order valence-corrected chi connectivity index (χ4v) is 5.28. The van der Waals surface area contributed by atoms with Crippen molar-refractivity contribution >= 4 is 72.9 Å². The van der Waals surface area contributed by atoms with Gasteiger partial charge in [0.05, 0.1) is 9.74 Å². The summed E-state index contributed by atoms with van der Waals surface area (Å²) >= 11 is 9.32. The monoisotopic (exact) mass is 523 g/mol. The maximum absolute atomic E-state index is 12.5. The number of halogens is 2. The van der Waals surface area contributed by atoms with Gasteiger partial charge in [0.2, 0.25) is 15.9 Å². The number of sulfonamides is 1. The van der Waals surface area contributed by atoms with Gasteiger partial charge in [0, 0.05) is 21.2 Å². The Morgan fingerprint density at radius 1 is 1.42 bits per heavy atom. The lowest BCUT2D eigenvalue weighted by Gasteiger charge is -2.16. The first-order valence-electron chi connectivity index (χ1n) is 7.64. The molecule has 1 N–H and O–H groups in total. The Morgan fingerprint density at radius 2 is 2.19 bits per heavy atom. The molecule has 1 saturated heterocycles. The number of pyridine rings is 1. The summed E-state index contributed by atoms with van der Waals surface area (Å²) in [5.41, 5.74) is 0.566. The predicted molar refractivity (Wildman–Crippen MR) is 113 cm³/mol. The molecular formula is C16H15ClIN3O3S2. The Bertz CT molecular complexity index is 957. The minimum Gasteiger partial charge on any atom is -0.295 e. The number of carbonyl (C=O) groups is 1. The minimum atomic E-state index is -3.77. The quantitative estimate of drug-likeness (QED) is 0.609. The second kappa shape index (κ2) is 7.93. The number of hydrogen-bond donors (Lipinski definition) is 1. The average Bonchev–Trinajstić information content (AvgIpc) is 3.15. The van der Waals surface area contributed by atoms with Crippen molar-refractivity contribution < 1.29 is 13.2 Å². The standard InChI is InChI=1S/C16H15ClIN3O3S2/c1-10(13-3-4-14(17)25-13)9-26(23,24)20-12-6-7-21(16(12)22)15-5-2-11(18)8-19-15/h2-5,8-9,12,20H,6-7H2,1H3/b10-9-/t12-/m0/s1. The molecule has 138 valence electrons. The third kappa shape index (κ3) is 4.63. The van der Waals surface area contributed by atoms with E-state index in [1.807, 2.05) is 6.07 Å². The van der Waals surface area contributed by atoms with Gasteiger partial charge in [-0.15, -0.1) is 11.3 Å². The number of nitrogens with one attached hydrogen (secondary N) is 1.